The second kappa shape index (κ2) is 6.33. The summed E-state index contributed by atoms with van der Waals surface area (Å²) in [7, 11) is 0. The number of hydrogen-bond acceptors (Lipinski definition) is 3. The van der Waals surface area contributed by atoms with Gasteiger partial charge in [-0.05, 0) is 25.6 Å². The molecule has 5 heteroatoms. The van der Waals surface area contributed by atoms with Gasteiger partial charge in [-0.2, -0.15) is 0 Å². The van der Waals surface area contributed by atoms with Gasteiger partial charge >= 0.3 is 0 Å². The van der Waals surface area contributed by atoms with Crippen molar-refractivity contribution in [1.82, 2.24) is 9.80 Å². The molecule has 0 saturated carbocycles. The molecule has 1 aromatic rings. The number of carbonyl (C=O) groups is 1. The minimum Gasteiger partial charge on any atom is -0.389 e. The number of piperazine rings is 1. The SMILES string of the molecule is CCN1CCN(C(=O)c2ccc(C(N)=S)cc2)CC1C. The van der Waals surface area contributed by atoms with Crippen LogP contribution in [-0.4, -0.2) is 52.9 Å². The van der Waals surface area contributed by atoms with Crippen molar-refractivity contribution in [3.8, 4) is 0 Å². The number of likely N-dealkylation sites (N-methyl/N-ethyl adjacent to an activating group) is 1. The zero-order valence-corrected chi connectivity index (χ0v) is 12.8. The van der Waals surface area contributed by atoms with Gasteiger partial charge in [-0.1, -0.05) is 31.3 Å². The summed E-state index contributed by atoms with van der Waals surface area (Å²) in [6.07, 6.45) is 0. The normalized spacial score (nSPS) is 19.9. The molecule has 108 valence electrons. The van der Waals surface area contributed by atoms with Crippen molar-refractivity contribution in [2.45, 2.75) is 19.9 Å². The summed E-state index contributed by atoms with van der Waals surface area (Å²) < 4.78 is 0. The Hall–Kier alpha value is -1.46. The number of hydrogen-bond donors (Lipinski definition) is 1. The summed E-state index contributed by atoms with van der Waals surface area (Å²) >= 11 is 4.91. The second-order valence-electron chi connectivity index (χ2n) is 5.17. The van der Waals surface area contributed by atoms with E-state index in [9.17, 15) is 4.79 Å². The third kappa shape index (κ3) is 3.16. The molecule has 20 heavy (non-hydrogen) atoms. The van der Waals surface area contributed by atoms with Gasteiger partial charge in [0, 0.05) is 36.8 Å². The van der Waals surface area contributed by atoms with E-state index in [0.717, 1.165) is 31.7 Å². The van der Waals surface area contributed by atoms with E-state index in [1.54, 1.807) is 24.3 Å². The maximum Gasteiger partial charge on any atom is 0.253 e. The summed E-state index contributed by atoms with van der Waals surface area (Å²) in [6.45, 7) is 7.86. The molecule has 2 rings (SSSR count). The molecule has 1 unspecified atom stereocenters. The van der Waals surface area contributed by atoms with E-state index in [1.165, 1.54) is 0 Å². The van der Waals surface area contributed by atoms with E-state index in [1.807, 2.05) is 4.90 Å². The molecule has 1 amide bonds. The Kier molecular flexibility index (Phi) is 4.73. The van der Waals surface area contributed by atoms with Gasteiger partial charge in [-0.3, -0.25) is 9.69 Å². The van der Waals surface area contributed by atoms with E-state index in [2.05, 4.69) is 18.7 Å². The van der Waals surface area contributed by atoms with Gasteiger partial charge in [0.25, 0.3) is 5.91 Å². The lowest BCUT2D eigenvalue weighted by molar-refractivity contribution is 0.0528. The largest absolute Gasteiger partial charge is 0.389 e. The molecule has 1 aromatic carbocycles. The molecular weight excluding hydrogens is 270 g/mol. The fraction of sp³-hybridized carbons (Fsp3) is 0.467. The van der Waals surface area contributed by atoms with Crippen molar-refractivity contribution in [3.63, 3.8) is 0 Å². The standard InChI is InChI=1S/C15H21N3OS/c1-3-17-8-9-18(10-11(17)2)15(19)13-6-4-12(5-7-13)14(16)20/h4-7,11H,3,8-10H2,1-2H3,(H2,16,20). The Morgan fingerprint density at radius 2 is 1.90 bits per heavy atom. The van der Waals surface area contributed by atoms with E-state index >= 15 is 0 Å². The first-order chi connectivity index (χ1) is 9.52. The van der Waals surface area contributed by atoms with Crippen LogP contribution in [0.25, 0.3) is 0 Å². The van der Waals surface area contributed by atoms with Crippen LogP contribution in [0.3, 0.4) is 0 Å². The summed E-state index contributed by atoms with van der Waals surface area (Å²) in [4.78, 5) is 17.1. The topological polar surface area (TPSA) is 49.6 Å². The summed E-state index contributed by atoms with van der Waals surface area (Å²) in [6, 6.07) is 7.62. The molecule has 0 aliphatic carbocycles. The lowest BCUT2D eigenvalue weighted by Crippen LogP contribution is -2.53. The Morgan fingerprint density at radius 1 is 1.30 bits per heavy atom. The van der Waals surface area contributed by atoms with Crippen LogP contribution < -0.4 is 5.73 Å². The van der Waals surface area contributed by atoms with Crippen LogP contribution in [0.1, 0.15) is 29.8 Å². The van der Waals surface area contributed by atoms with E-state index in [0.29, 0.717) is 16.6 Å². The van der Waals surface area contributed by atoms with Crippen molar-refractivity contribution in [1.29, 1.82) is 0 Å². The second-order valence-corrected chi connectivity index (χ2v) is 5.61. The molecule has 0 spiro atoms. The Bertz CT molecular complexity index is 500. The molecule has 0 aromatic heterocycles. The maximum absolute atomic E-state index is 12.5. The van der Waals surface area contributed by atoms with Crippen molar-refractivity contribution in [2.75, 3.05) is 26.2 Å². The smallest absolute Gasteiger partial charge is 0.253 e. The van der Waals surface area contributed by atoms with Gasteiger partial charge in [0.05, 0.1) is 0 Å². The summed E-state index contributed by atoms with van der Waals surface area (Å²) in [5.41, 5.74) is 7.05. The van der Waals surface area contributed by atoms with Crippen LogP contribution in [0.2, 0.25) is 0 Å². The molecule has 0 radical (unpaired) electrons. The third-order valence-electron chi connectivity index (χ3n) is 3.87. The summed E-state index contributed by atoms with van der Waals surface area (Å²) in [5.74, 6) is 0.0853. The Morgan fingerprint density at radius 3 is 2.40 bits per heavy atom. The van der Waals surface area contributed by atoms with Crippen LogP contribution >= 0.6 is 12.2 Å². The fourth-order valence-corrected chi connectivity index (χ4v) is 2.75. The number of thiocarbonyl (C=S) groups is 1. The zero-order valence-electron chi connectivity index (χ0n) is 12.0. The average Bonchev–Trinajstić information content (AvgIpc) is 2.46. The Balaban J connectivity index is 2.06. The first-order valence-electron chi connectivity index (χ1n) is 6.96. The van der Waals surface area contributed by atoms with E-state index in [-0.39, 0.29) is 5.91 Å². The first kappa shape index (κ1) is 14.9. The van der Waals surface area contributed by atoms with Crippen molar-refractivity contribution in [2.24, 2.45) is 5.73 Å². The van der Waals surface area contributed by atoms with Crippen molar-refractivity contribution < 1.29 is 4.79 Å². The van der Waals surface area contributed by atoms with Crippen LogP contribution in [0, 0.1) is 0 Å². The molecule has 0 bridgehead atoms. The first-order valence-corrected chi connectivity index (χ1v) is 7.37. The predicted octanol–water partition coefficient (Wildman–Crippen LogP) is 1.49. The minimum absolute atomic E-state index is 0.0853. The molecular formula is C15H21N3OS. The Labute approximate surface area is 125 Å². The molecule has 2 N–H and O–H groups in total. The van der Waals surface area contributed by atoms with Crippen LogP contribution in [0.4, 0.5) is 0 Å². The molecule has 4 nitrogen and oxygen atoms in total. The third-order valence-corrected chi connectivity index (χ3v) is 4.11. The quantitative estimate of drug-likeness (QED) is 0.857. The molecule has 1 aliphatic rings. The fourth-order valence-electron chi connectivity index (χ4n) is 2.61. The highest BCUT2D eigenvalue weighted by atomic mass is 32.1. The van der Waals surface area contributed by atoms with E-state index in [4.69, 9.17) is 18.0 Å². The molecule has 1 fully saturated rings. The number of rotatable bonds is 3. The zero-order chi connectivity index (χ0) is 14.7. The number of amides is 1. The van der Waals surface area contributed by atoms with Crippen molar-refractivity contribution in [3.05, 3.63) is 35.4 Å². The van der Waals surface area contributed by atoms with Gasteiger partial charge in [-0.15, -0.1) is 0 Å². The summed E-state index contributed by atoms with van der Waals surface area (Å²) in [5, 5.41) is 0. The van der Waals surface area contributed by atoms with Gasteiger partial charge in [0.2, 0.25) is 0 Å². The average molecular weight is 291 g/mol. The molecule has 1 aliphatic heterocycles. The minimum atomic E-state index is 0.0853. The van der Waals surface area contributed by atoms with Gasteiger partial charge in [-0.25, -0.2) is 0 Å². The number of benzene rings is 1. The van der Waals surface area contributed by atoms with Crippen LogP contribution in [-0.2, 0) is 0 Å². The highest BCUT2D eigenvalue weighted by Crippen LogP contribution is 2.13. The molecule has 1 heterocycles. The highest BCUT2D eigenvalue weighted by Gasteiger charge is 2.26. The lowest BCUT2D eigenvalue weighted by Gasteiger charge is -2.39. The van der Waals surface area contributed by atoms with Gasteiger partial charge in [0.1, 0.15) is 4.99 Å². The predicted molar refractivity (Wildman–Crippen MR) is 84.9 cm³/mol. The lowest BCUT2D eigenvalue weighted by atomic mass is 10.1. The monoisotopic (exact) mass is 291 g/mol. The van der Waals surface area contributed by atoms with Crippen LogP contribution in [0.15, 0.2) is 24.3 Å². The number of carbonyl (C=O) groups excluding carboxylic acids is 1. The number of nitrogens with two attached hydrogens (primary N) is 1. The molecule has 1 saturated heterocycles. The van der Waals surface area contributed by atoms with Gasteiger partial charge in [0.15, 0.2) is 0 Å². The van der Waals surface area contributed by atoms with E-state index < -0.39 is 0 Å². The maximum atomic E-state index is 12.5. The number of nitrogens with zero attached hydrogens (tertiary/aromatic N) is 2. The van der Waals surface area contributed by atoms with Crippen LogP contribution in [0.5, 0.6) is 0 Å². The molecule has 1 atom stereocenters. The van der Waals surface area contributed by atoms with Gasteiger partial charge < -0.3 is 10.6 Å². The highest BCUT2D eigenvalue weighted by molar-refractivity contribution is 7.80. The van der Waals surface area contributed by atoms with Crippen molar-refractivity contribution >= 4 is 23.1 Å².